The summed E-state index contributed by atoms with van der Waals surface area (Å²) in [5.74, 6) is 0. The summed E-state index contributed by atoms with van der Waals surface area (Å²) in [7, 11) is 0. The van der Waals surface area contributed by atoms with E-state index in [1.165, 1.54) is 83.5 Å². The minimum Gasteiger partial charge on any atom is -0.499 e. The van der Waals surface area contributed by atoms with Crippen LogP contribution in [0.5, 0.6) is 0 Å². The smallest absolute Gasteiger partial charge is 0.117 e. The molecule has 0 bridgehead atoms. The molecule has 172 valence electrons. The minimum absolute atomic E-state index is 0.0534. The van der Waals surface area contributed by atoms with Crippen LogP contribution in [0.4, 0.5) is 0 Å². The highest BCUT2D eigenvalue weighted by atomic mass is 16.5. The Labute approximate surface area is 178 Å². The molecule has 1 fully saturated rings. The molecule has 0 aromatic heterocycles. The van der Waals surface area contributed by atoms with Crippen molar-refractivity contribution in [2.45, 2.75) is 128 Å². The van der Waals surface area contributed by atoms with E-state index in [1.54, 1.807) is 6.26 Å². The van der Waals surface area contributed by atoms with E-state index in [-0.39, 0.29) is 13.2 Å². The standard InChI is InChI=1S/C24H46O5/c1-2-3-4-5-6-7-8-9-10-11-12-13-14-15-16-17-18-28-19-22(26)24-23(27)21(25)20-29-24/h17-18,21-27H,2-16,19-20H2,1H3/b18-17+/t21-,22+,23+,24+/m1/s1. The molecule has 1 aliphatic heterocycles. The van der Waals surface area contributed by atoms with Gasteiger partial charge in [0, 0.05) is 0 Å². The van der Waals surface area contributed by atoms with Crippen molar-refractivity contribution in [2.75, 3.05) is 13.2 Å². The van der Waals surface area contributed by atoms with E-state index < -0.39 is 24.4 Å². The first-order chi connectivity index (χ1) is 14.2. The lowest BCUT2D eigenvalue weighted by molar-refractivity contribution is -0.0703. The summed E-state index contributed by atoms with van der Waals surface area (Å²) in [6, 6.07) is 0. The molecule has 4 atom stereocenters. The van der Waals surface area contributed by atoms with E-state index in [0.29, 0.717) is 0 Å². The molecular weight excluding hydrogens is 368 g/mol. The van der Waals surface area contributed by atoms with Crippen LogP contribution in [0.15, 0.2) is 12.3 Å². The lowest BCUT2D eigenvalue weighted by atomic mass is 10.0. The van der Waals surface area contributed by atoms with Gasteiger partial charge in [0.25, 0.3) is 0 Å². The van der Waals surface area contributed by atoms with Gasteiger partial charge in [0.05, 0.1) is 12.9 Å². The number of aliphatic hydroxyl groups is 3. The molecule has 29 heavy (non-hydrogen) atoms. The van der Waals surface area contributed by atoms with Gasteiger partial charge < -0.3 is 24.8 Å². The van der Waals surface area contributed by atoms with E-state index in [0.717, 1.165) is 12.8 Å². The van der Waals surface area contributed by atoms with Crippen molar-refractivity contribution in [1.82, 2.24) is 0 Å². The topological polar surface area (TPSA) is 79.2 Å². The van der Waals surface area contributed by atoms with E-state index in [1.807, 2.05) is 6.08 Å². The van der Waals surface area contributed by atoms with Crippen LogP contribution in [0.3, 0.4) is 0 Å². The van der Waals surface area contributed by atoms with Gasteiger partial charge >= 0.3 is 0 Å². The van der Waals surface area contributed by atoms with Crippen LogP contribution in [-0.2, 0) is 9.47 Å². The molecule has 0 saturated carbocycles. The van der Waals surface area contributed by atoms with E-state index in [9.17, 15) is 15.3 Å². The maximum absolute atomic E-state index is 9.92. The fourth-order valence-electron chi connectivity index (χ4n) is 3.81. The zero-order chi connectivity index (χ0) is 21.2. The Balaban J connectivity index is 1.79. The second-order valence-corrected chi connectivity index (χ2v) is 8.51. The molecule has 1 saturated heterocycles. The summed E-state index contributed by atoms with van der Waals surface area (Å²) in [5, 5.41) is 29.0. The van der Waals surface area contributed by atoms with Crippen molar-refractivity contribution in [1.29, 1.82) is 0 Å². The normalized spacial score (nSPS) is 23.1. The first-order valence-corrected chi connectivity index (χ1v) is 12.1. The summed E-state index contributed by atoms with van der Waals surface area (Å²) in [6.07, 6.45) is 20.0. The molecule has 5 heteroatoms. The number of hydrogen-bond donors (Lipinski definition) is 3. The first kappa shape index (κ1) is 26.4. The second-order valence-electron chi connectivity index (χ2n) is 8.51. The van der Waals surface area contributed by atoms with Gasteiger partial charge in [-0.25, -0.2) is 0 Å². The molecule has 1 rings (SSSR count). The zero-order valence-corrected chi connectivity index (χ0v) is 18.6. The van der Waals surface area contributed by atoms with E-state index in [4.69, 9.17) is 9.47 Å². The first-order valence-electron chi connectivity index (χ1n) is 12.1. The average molecular weight is 415 g/mol. The van der Waals surface area contributed by atoms with Crippen LogP contribution in [0.25, 0.3) is 0 Å². The zero-order valence-electron chi connectivity index (χ0n) is 18.6. The molecular formula is C24H46O5. The molecule has 0 aromatic rings. The Morgan fingerprint density at radius 1 is 0.862 bits per heavy atom. The Kier molecular flexibility index (Phi) is 16.6. The van der Waals surface area contributed by atoms with Gasteiger partial charge in [-0.2, -0.15) is 0 Å². The summed E-state index contributed by atoms with van der Waals surface area (Å²) in [6.45, 7) is 2.38. The fraction of sp³-hybridized carbons (Fsp3) is 0.917. The second kappa shape index (κ2) is 18.2. The monoisotopic (exact) mass is 414 g/mol. The molecule has 3 N–H and O–H groups in total. The van der Waals surface area contributed by atoms with Gasteiger partial charge in [-0.1, -0.05) is 90.4 Å². The maximum atomic E-state index is 9.92. The van der Waals surface area contributed by atoms with Gasteiger partial charge in [0.15, 0.2) is 0 Å². The largest absolute Gasteiger partial charge is 0.499 e. The quantitative estimate of drug-likeness (QED) is 0.208. The van der Waals surface area contributed by atoms with Crippen molar-refractivity contribution >= 4 is 0 Å². The predicted octanol–water partition coefficient (Wildman–Crippen LogP) is 4.87. The fourth-order valence-corrected chi connectivity index (χ4v) is 3.81. The van der Waals surface area contributed by atoms with Crippen molar-refractivity contribution in [2.24, 2.45) is 0 Å². The minimum atomic E-state index is -1.05. The van der Waals surface area contributed by atoms with Crippen molar-refractivity contribution < 1.29 is 24.8 Å². The molecule has 0 aromatic carbocycles. The molecule has 1 heterocycles. The molecule has 0 aliphatic carbocycles. The van der Waals surface area contributed by atoms with Gasteiger partial charge in [-0.3, -0.25) is 0 Å². The summed E-state index contributed by atoms with van der Waals surface area (Å²) in [4.78, 5) is 0. The molecule has 0 spiro atoms. The summed E-state index contributed by atoms with van der Waals surface area (Å²) >= 11 is 0. The number of aliphatic hydroxyl groups excluding tert-OH is 3. The Hall–Kier alpha value is -0.620. The molecule has 0 unspecified atom stereocenters. The van der Waals surface area contributed by atoms with Gasteiger partial charge in [-0.15, -0.1) is 0 Å². The van der Waals surface area contributed by atoms with Crippen LogP contribution in [0, 0.1) is 0 Å². The number of hydrogen-bond acceptors (Lipinski definition) is 5. The molecule has 5 nitrogen and oxygen atoms in total. The van der Waals surface area contributed by atoms with Gasteiger partial charge in [0.1, 0.15) is 31.0 Å². The van der Waals surface area contributed by atoms with Crippen LogP contribution in [-0.4, -0.2) is 52.9 Å². The number of allylic oxidation sites excluding steroid dienone is 1. The highest BCUT2D eigenvalue weighted by Crippen LogP contribution is 2.18. The predicted molar refractivity (Wildman–Crippen MR) is 118 cm³/mol. The van der Waals surface area contributed by atoms with Crippen molar-refractivity contribution in [3.05, 3.63) is 12.3 Å². The Morgan fingerprint density at radius 3 is 1.86 bits per heavy atom. The highest BCUT2D eigenvalue weighted by Gasteiger charge is 2.39. The lowest BCUT2D eigenvalue weighted by Gasteiger charge is -2.20. The Bertz CT molecular complexity index is 387. The van der Waals surface area contributed by atoms with E-state index in [2.05, 4.69) is 6.92 Å². The summed E-state index contributed by atoms with van der Waals surface area (Å²) in [5.41, 5.74) is 0. The van der Waals surface area contributed by atoms with E-state index >= 15 is 0 Å². The van der Waals surface area contributed by atoms with Crippen LogP contribution in [0.2, 0.25) is 0 Å². The van der Waals surface area contributed by atoms with Crippen LogP contribution < -0.4 is 0 Å². The molecule has 1 aliphatic rings. The number of unbranched alkanes of at least 4 members (excludes halogenated alkanes) is 14. The molecule has 0 radical (unpaired) electrons. The third-order valence-corrected chi connectivity index (χ3v) is 5.75. The number of ether oxygens (including phenoxy) is 2. The van der Waals surface area contributed by atoms with Gasteiger partial charge in [0.2, 0.25) is 0 Å². The Morgan fingerprint density at radius 2 is 1.38 bits per heavy atom. The maximum Gasteiger partial charge on any atom is 0.117 e. The van der Waals surface area contributed by atoms with Crippen LogP contribution in [0.1, 0.15) is 103 Å². The van der Waals surface area contributed by atoms with Gasteiger partial charge in [-0.05, 0) is 18.9 Å². The SMILES string of the molecule is CCCCCCCCCCCCCCCC/C=C/OC[C@H](O)[C@@H]1OC[C@@H](O)[C@@H]1O. The molecule has 0 amide bonds. The number of rotatable bonds is 19. The van der Waals surface area contributed by atoms with Crippen LogP contribution >= 0.6 is 0 Å². The third kappa shape index (κ3) is 13.3. The highest BCUT2D eigenvalue weighted by molar-refractivity contribution is 4.88. The average Bonchev–Trinajstić information content (AvgIpc) is 3.05. The summed E-state index contributed by atoms with van der Waals surface area (Å²) < 4.78 is 10.5. The lowest BCUT2D eigenvalue weighted by Crippen LogP contribution is -2.40. The van der Waals surface area contributed by atoms with Crippen molar-refractivity contribution in [3.63, 3.8) is 0 Å². The third-order valence-electron chi connectivity index (χ3n) is 5.75. The van der Waals surface area contributed by atoms with Crippen molar-refractivity contribution in [3.8, 4) is 0 Å².